The van der Waals surface area contributed by atoms with Gasteiger partial charge in [-0.2, -0.15) is 0 Å². The van der Waals surface area contributed by atoms with E-state index in [0.29, 0.717) is 23.7 Å². The highest BCUT2D eigenvalue weighted by molar-refractivity contribution is 6.30. The van der Waals surface area contributed by atoms with Crippen molar-refractivity contribution in [2.45, 2.75) is 13.2 Å². The minimum atomic E-state index is -0.434. The normalized spacial score (nSPS) is 11.2. The molecule has 5 heteroatoms. The summed E-state index contributed by atoms with van der Waals surface area (Å²) in [5.41, 5.74) is 12.7. The maximum absolute atomic E-state index is 12.3. The molecule has 0 aliphatic carbocycles. The van der Waals surface area contributed by atoms with E-state index >= 15 is 0 Å². The number of primary amides is 1. The van der Waals surface area contributed by atoms with E-state index in [1.807, 2.05) is 66.7 Å². The highest BCUT2D eigenvalue weighted by Gasteiger charge is 2.17. The van der Waals surface area contributed by atoms with Crippen LogP contribution in [0.25, 0.3) is 32.9 Å². The van der Waals surface area contributed by atoms with Gasteiger partial charge < -0.3 is 15.0 Å². The van der Waals surface area contributed by atoms with Crippen molar-refractivity contribution in [2.24, 2.45) is 5.73 Å². The Hall–Kier alpha value is -4.54. The van der Waals surface area contributed by atoms with Gasteiger partial charge in [-0.3, -0.25) is 4.79 Å². The zero-order chi connectivity index (χ0) is 26.1. The Bertz CT molecular complexity index is 1760. The molecular formula is C33H25ClN2O2. The first-order valence-corrected chi connectivity index (χ1v) is 12.8. The molecule has 0 spiro atoms. The summed E-state index contributed by atoms with van der Waals surface area (Å²) in [7, 11) is 0. The number of fused-ring (bicyclic) bond motifs is 3. The van der Waals surface area contributed by atoms with Gasteiger partial charge in [-0.15, -0.1) is 0 Å². The molecule has 0 unspecified atom stereocenters. The first-order valence-electron chi connectivity index (χ1n) is 12.4. The Morgan fingerprint density at radius 1 is 0.737 bits per heavy atom. The van der Waals surface area contributed by atoms with Crippen molar-refractivity contribution in [3.63, 3.8) is 0 Å². The molecule has 0 bridgehead atoms. The van der Waals surface area contributed by atoms with E-state index in [4.69, 9.17) is 22.1 Å². The van der Waals surface area contributed by atoms with E-state index in [2.05, 4.69) is 47.0 Å². The molecule has 0 aliphatic heterocycles. The highest BCUT2D eigenvalue weighted by atomic mass is 35.5. The second-order valence-electron chi connectivity index (χ2n) is 9.31. The van der Waals surface area contributed by atoms with Gasteiger partial charge in [0.25, 0.3) is 0 Å². The summed E-state index contributed by atoms with van der Waals surface area (Å²) in [5, 5.41) is 2.57. The number of aromatic nitrogens is 1. The topological polar surface area (TPSA) is 57.2 Å². The number of nitrogens with zero attached hydrogens (tertiary/aromatic N) is 1. The molecule has 38 heavy (non-hydrogen) atoms. The summed E-state index contributed by atoms with van der Waals surface area (Å²) in [5.74, 6) is 0.386. The van der Waals surface area contributed by atoms with Crippen LogP contribution >= 0.6 is 11.6 Å². The van der Waals surface area contributed by atoms with Crippen molar-refractivity contribution in [3.8, 4) is 16.9 Å². The summed E-state index contributed by atoms with van der Waals surface area (Å²) in [6, 6.07) is 38.1. The van der Waals surface area contributed by atoms with Crippen molar-refractivity contribution in [1.29, 1.82) is 0 Å². The number of benzene rings is 5. The summed E-state index contributed by atoms with van der Waals surface area (Å²) in [6.45, 7) is 1.15. The van der Waals surface area contributed by atoms with Crippen LogP contribution in [0.3, 0.4) is 0 Å². The first-order chi connectivity index (χ1) is 18.6. The number of amides is 1. The molecule has 6 aromatic rings. The third kappa shape index (κ3) is 4.62. The molecule has 5 aromatic carbocycles. The van der Waals surface area contributed by atoms with Gasteiger partial charge in [-0.1, -0.05) is 84.4 Å². The number of carbonyl (C=O) groups excluding carboxylic acids is 1. The Kier molecular flexibility index (Phi) is 6.32. The van der Waals surface area contributed by atoms with E-state index in [9.17, 15) is 4.79 Å². The fraction of sp³-hybridized carbons (Fsp3) is 0.0606. The van der Waals surface area contributed by atoms with Gasteiger partial charge in [-0.05, 0) is 64.7 Å². The van der Waals surface area contributed by atoms with E-state index in [1.165, 1.54) is 0 Å². The first kappa shape index (κ1) is 23.8. The molecule has 4 nitrogen and oxygen atoms in total. The second-order valence-corrected chi connectivity index (χ2v) is 9.74. The molecule has 0 fully saturated rings. The summed E-state index contributed by atoms with van der Waals surface area (Å²) >= 11 is 6.12. The number of ether oxygens (including phenoxy) is 1. The molecule has 6 rings (SSSR count). The third-order valence-electron chi connectivity index (χ3n) is 6.85. The monoisotopic (exact) mass is 516 g/mol. The summed E-state index contributed by atoms with van der Waals surface area (Å²) in [4.78, 5) is 12.3. The van der Waals surface area contributed by atoms with E-state index in [-0.39, 0.29) is 0 Å². The van der Waals surface area contributed by atoms with Crippen LogP contribution in [0.15, 0.2) is 115 Å². The SMILES string of the molecule is NC(=O)c1cccc2c1c1ccc(-c3ccc(Cl)cc3)cc1n2Cc1ccc(OCc2ccccc2)cc1. The minimum Gasteiger partial charge on any atom is -0.489 e. The van der Waals surface area contributed by atoms with Gasteiger partial charge in [-0.25, -0.2) is 0 Å². The Labute approximate surface area is 225 Å². The zero-order valence-corrected chi connectivity index (χ0v) is 21.4. The standard InChI is InChI=1S/C33H25ClN2O2/c34-26-14-11-24(12-15-26)25-13-18-28-31(19-25)36(30-8-4-7-29(32(28)30)33(35)37)20-22-9-16-27(17-10-22)38-21-23-5-2-1-3-6-23/h1-19H,20-21H2,(H2,35,37). The Morgan fingerprint density at radius 2 is 1.47 bits per heavy atom. The maximum Gasteiger partial charge on any atom is 0.249 e. The van der Waals surface area contributed by atoms with Gasteiger partial charge in [0.05, 0.1) is 11.0 Å². The number of rotatable bonds is 7. The maximum atomic E-state index is 12.3. The molecular weight excluding hydrogens is 492 g/mol. The summed E-state index contributed by atoms with van der Waals surface area (Å²) in [6.07, 6.45) is 0. The fourth-order valence-corrected chi connectivity index (χ4v) is 5.08. The number of carbonyl (C=O) groups is 1. The molecule has 1 heterocycles. The van der Waals surface area contributed by atoms with Crippen molar-refractivity contribution < 1.29 is 9.53 Å². The van der Waals surface area contributed by atoms with Crippen LogP contribution in [-0.4, -0.2) is 10.5 Å². The van der Waals surface area contributed by atoms with E-state index in [0.717, 1.165) is 49.8 Å². The van der Waals surface area contributed by atoms with Crippen LogP contribution < -0.4 is 10.5 Å². The molecule has 1 aromatic heterocycles. The van der Waals surface area contributed by atoms with Crippen molar-refractivity contribution in [2.75, 3.05) is 0 Å². The van der Waals surface area contributed by atoms with Crippen LogP contribution in [0.2, 0.25) is 5.02 Å². The number of nitrogens with two attached hydrogens (primary N) is 1. The molecule has 0 radical (unpaired) electrons. The number of hydrogen-bond donors (Lipinski definition) is 1. The Morgan fingerprint density at radius 3 is 2.21 bits per heavy atom. The average molecular weight is 517 g/mol. The number of halogens is 1. The average Bonchev–Trinajstić information content (AvgIpc) is 3.26. The zero-order valence-electron chi connectivity index (χ0n) is 20.6. The lowest BCUT2D eigenvalue weighted by Crippen LogP contribution is -2.11. The lowest BCUT2D eigenvalue weighted by molar-refractivity contribution is 0.100. The van der Waals surface area contributed by atoms with Gasteiger partial charge in [0.1, 0.15) is 12.4 Å². The van der Waals surface area contributed by atoms with Gasteiger partial charge in [0.15, 0.2) is 0 Å². The molecule has 0 atom stereocenters. The van der Waals surface area contributed by atoms with Crippen molar-refractivity contribution in [3.05, 3.63) is 137 Å². The van der Waals surface area contributed by atoms with E-state index < -0.39 is 5.91 Å². The van der Waals surface area contributed by atoms with Crippen LogP contribution in [-0.2, 0) is 13.2 Å². The predicted octanol–water partition coefficient (Wildman–Crippen LogP) is 7.84. The molecule has 0 saturated heterocycles. The van der Waals surface area contributed by atoms with Crippen LogP contribution in [0.5, 0.6) is 5.75 Å². The molecule has 1 amide bonds. The van der Waals surface area contributed by atoms with Crippen molar-refractivity contribution >= 4 is 39.3 Å². The Balaban J connectivity index is 1.39. The van der Waals surface area contributed by atoms with Gasteiger partial charge >= 0.3 is 0 Å². The van der Waals surface area contributed by atoms with Crippen LogP contribution in [0, 0.1) is 0 Å². The highest BCUT2D eigenvalue weighted by Crippen LogP contribution is 2.35. The fourth-order valence-electron chi connectivity index (χ4n) is 4.96. The number of hydrogen-bond acceptors (Lipinski definition) is 2. The largest absolute Gasteiger partial charge is 0.489 e. The van der Waals surface area contributed by atoms with Crippen molar-refractivity contribution in [1.82, 2.24) is 4.57 Å². The van der Waals surface area contributed by atoms with Crippen LogP contribution in [0.4, 0.5) is 0 Å². The smallest absolute Gasteiger partial charge is 0.249 e. The predicted molar refractivity (Wildman–Crippen MR) is 155 cm³/mol. The third-order valence-corrected chi connectivity index (χ3v) is 7.10. The van der Waals surface area contributed by atoms with Gasteiger partial charge in [0, 0.05) is 27.9 Å². The van der Waals surface area contributed by atoms with Gasteiger partial charge in [0.2, 0.25) is 5.91 Å². The minimum absolute atomic E-state index is 0.434. The lowest BCUT2D eigenvalue weighted by Gasteiger charge is -2.11. The summed E-state index contributed by atoms with van der Waals surface area (Å²) < 4.78 is 8.22. The molecule has 186 valence electrons. The van der Waals surface area contributed by atoms with E-state index in [1.54, 1.807) is 6.07 Å². The second kappa shape index (κ2) is 10.1. The van der Waals surface area contributed by atoms with Crippen LogP contribution in [0.1, 0.15) is 21.5 Å². The quantitative estimate of drug-likeness (QED) is 0.235. The molecule has 0 saturated carbocycles. The molecule has 2 N–H and O–H groups in total. The molecule has 0 aliphatic rings. The lowest BCUT2D eigenvalue weighted by atomic mass is 10.0.